The van der Waals surface area contributed by atoms with E-state index in [-0.39, 0.29) is 11.8 Å². The Morgan fingerprint density at radius 1 is 0.938 bits per heavy atom. The molecule has 2 aromatic rings. The first-order valence-corrected chi connectivity index (χ1v) is 12.1. The van der Waals surface area contributed by atoms with Gasteiger partial charge in [-0.1, -0.05) is 40.2 Å². The van der Waals surface area contributed by atoms with Gasteiger partial charge in [-0.2, -0.15) is 0 Å². The van der Waals surface area contributed by atoms with E-state index in [2.05, 4.69) is 62.4 Å². The molecule has 0 radical (unpaired) electrons. The standard InChI is InChI=1S/C25H31BrN4O2/c1-28-13-15-29(16-14-28)18-20-6-4-19(5-7-20)17-27-24(31)23-3-2-12-30(23)25(32)21-8-10-22(26)11-9-21/h4-11,23H,2-3,12-18H2,1H3,(H,27,31). The summed E-state index contributed by atoms with van der Waals surface area (Å²) in [6.07, 6.45) is 1.55. The summed E-state index contributed by atoms with van der Waals surface area (Å²) in [7, 11) is 2.17. The molecule has 1 N–H and O–H groups in total. The number of rotatable bonds is 6. The van der Waals surface area contributed by atoms with E-state index < -0.39 is 6.04 Å². The highest BCUT2D eigenvalue weighted by Crippen LogP contribution is 2.21. The highest BCUT2D eigenvalue weighted by Gasteiger charge is 2.34. The van der Waals surface area contributed by atoms with Gasteiger partial charge in [0.1, 0.15) is 6.04 Å². The van der Waals surface area contributed by atoms with Crippen LogP contribution in [0.5, 0.6) is 0 Å². The maximum atomic E-state index is 12.9. The summed E-state index contributed by atoms with van der Waals surface area (Å²) in [5.41, 5.74) is 2.99. The third kappa shape index (κ3) is 5.77. The Hall–Kier alpha value is -2.22. The molecule has 2 aromatic carbocycles. The highest BCUT2D eigenvalue weighted by atomic mass is 79.9. The number of nitrogens with zero attached hydrogens (tertiary/aromatic N) is 3. The van der Waals surface area contributed by atoms with E-state index in [0.717, 1.165) is 49.2 Å². The monoisotopic (exact) mass is 498 g/mol. The second-order valence-electron chi connectivity index (χ2n) is 8.78. The van der Waals surface area contributed by atoms with Crippen LogP contribution in [0.15, 0.2) is 53.0 Å². The molecule has 0 saturated carbocycles. The van der Waals surface area contributed by atoms with Gasteiger partial charge in [-0.15, -0.1) is 0 Å². The molecule has 2 aliphatic rings. The first-order chi connectivity index (χ1) is 15.5. The van der Waals surface area contributed by atoms with Crippen LogP contribution in [-0.2, 0) is 17.9 Å². The zero-order chi connectivity index (χ0) is 22.5. The Morgan fingerprint density at radius 3 is 2.28 bits per heavy atom. The number of benzene rings is 2. The van der Waals surface area contributed by atoms with Gasteiger partial charge >= 0.3 is 0 Å². The van der Waals surface area contributed by atoms with Crippen LogP contribution in [0.25, 0.3) is 0 Å². The second kappa shape index (κ2) is 10.6. The van der Waals surface area contributed by atoms with Crippen LogP contribution >= 0.6 is 15.9 Å². The Labute approximate surface area is 198 Å². The molecule has 32 heavy (non-hydrogen) atoms. The van der Waals surface area contributed by atoms with Crippen molar-refractivity contribution < 1.29 is 9.59 Å². The van der Waals surface area contributed by atoms with Crippen molar-refractivity contribution >= 4 is 27.7 Å². The first kappa shape index (κ1) is 23.0. The van der Waals surface area contributed by atoms with Gasteiger partial charge in [0.15, 0.2) is 0 Å². The number of likely N-dealkylation sites (N-methyl/N-ethyl adjacent to an activating group) is 1. The lowest BCUT2D eigenvalue weighted by Crippen LogP contribution is -2.45. The first-order valence-electron chi connectivity index (χ1n) is 11.3. The molecule has 0 spiro atoms. The predicted octanol–water partition coefficient (Wildman–Crippen LogP) is 3.12. The fourth-order valence-electron chi connectivity index (χ4n) is 4.37. The van der Waals surface area contributed by atoms with Crippen molar-refractivity contribution in [2.24, 2.45) is 0 Å². The third-order valence-corrected chi connectivity index (χ3v) is 6.93. The van der Waals surface area contributed by atoms with Crippen LogP contribution in [-0.4, -0.2) is 72.3 Å². The molecule has 7 heteroatoms. The van der Waals surface area contributed by atoms with Crippen LogP contribution in [0.2, 0.25) is 0 Å². The molecule has 0 bridgehead atoms. The summed E-state index contributed by atoms with van der Waals surface area (Å²) in [5, 5.41) is 3.04. The Bertz CT molecular complexity index is 924. The topological polar surface area (TPSA) is 55.9 Å². The van der Waals surface area contributed by atoms with E-state index in [4.69, 9.17) is 0 Å². The van der Waals surface area contributed by atoms with Crippen molar-refractivity contribution in [2.45, 2.75) is 32.0 Å². The summed E-state index contributed by atoms with van der Waals surface area (Å²) in [4.78, 5) is 32.3. The molecule has 1 atom stereocenters. The number of nitrogens with one attached hydrogen (secondary N) is 1. The van der Waals surface area contributed by atoms with E-state index in [1.54, 1.807) is 17.0 Å². The number of amides is 2. The van der Waals surface area contributed by atoms with E-state index in [0.29, 0.717) is 25.1 Å². The fraction of sp³-hybridized carbons (Fsp3) is 0.440. The molecule has 0 aliphatic carbocycles. The molecule has 1 unspecified atom stereocenters. The summed E-state index contributed by atoms with van der Waals surface area (Å²) >= 11 is 3.39. The Morgan fingerprint density at radius 2 is 1.59 bits per heavy atom. The smallest absolute Gasteiger partial charge is 0.254 e. The number of carbonyl (C=O) groups excluding carboxylic acids is 2. The average Bonchev–Trinajstić information content (AvgIpc) is 3.30. The van der Waals surface area contributed by atoms with Gasteiger partial charge in [0.2, 0.25) is 5.91 Å². The zero-order valence-corrected chi connectivity index (χ0v) is 20.2. The fourth-order valence-corrected chi connectivity index (χ4v) is 4.64. The molecule has 2 saturated heterocycles. The summed E-state index contributed by atoms with van der Waals surface area (Å²) in [6.45, 7) is 6.50. The van der Waals surface area contributed by atoms with Crippen molar-refractivity contribution in [3.63, 3.8) is 0 Å². The lowest BCUT2D eigenvalue weighted by atomic mass is 10.1. The van der Waals surface area contributed by atoms with E-state index >= 15 is 0 Å². The van der Waals surface area contributed by atoms with Crippen LogP contribution < -0.4 is 5.32 Å². The van der Waals surface area contributed by atoms with Gasteiger partial charge in [-0.3, -0.25) is 14.5 Å². The maximum absolute atomic E-state index is 12.9. The number of hydrogen-bond donors (Lipinski definition) is 1. The molecular weight excluding hydrogens is 468 g/mol. The van der Waals surface area contributed by atoms with Crippen molar-refractivity contribution in [1.82, 2.24) is 20.0 Å². The van der Waals surface area contributed by atoms with Gasteiger partial charge in [-0.05, 0) is 55.3 Å². The van der Waals surface area contributed by atoms with Crippen LogP contribution in [0.4, 0.5) is 0 Å². The van der Waals surface area contributed by atoms with Crippen molar-refractivity contribution in [3.05, 3.63) is 69.7 Å². The van der Waals surface area contributed by atoms with Crippen LogP contribution in [0.3, 0.4) is 0 Å². The minimum atomic E-state index is -0.400. The number of halogens is 1. The number of piperazine rings is 1. The molecule has 170 valence electrons. The van der Waals surface area contributed by atoms with Gasteiger partial charge in [0.25, 0.3) is 5.91 Å². The lowest BCUT2D eigenvalue weighted by molar-refractivity contribution is -0.125. The number of carbonyl (C=O) groups is 2. The minimum Gasteiger partial charge on any atom is -0.350 e. The summed E-state index contributed by atoms with van der Waals surface area (Å²) in [6, 6.07) is 15.4. The number of likely N-dealkylation sites (tertiary alicyclic amines) is 1. The molecule has 2 amide bonds. The molecule has 0 aromatic heterocycles. The zero-order valence-electron chi connectivity index (χ0n) is 18.6. The van der Waals surface area contributed by atoms with E-state index in [1.165, 1.54) is 5.56 Å². The SMILES string of the molecule is CN1CCN(Cc2ccc(CNC(=O)C3CCCN3C(=O)c3ccc(Br)cc3)cc2)CC1. The van der Waals surface area contributed by atoms with Gasteiger partial charge in [-0.25, -0.2) is 0 Å². The van der Waals surface area contributed by atoms with Crippen LogP contribution in [0, 0.1) is 0 Å². The second-order valence-corrected chi connectivity index (χ2v) is 9.69. The van der Waals surface area contributed by atoms with E-state index in [9.17, 15) is 9.59 Å². The molecular formula is C25H31BrN4O2. The maximum Gasteiger partial charge on any atom is 0.254 e. The molecule has 6 nitrogen and oxygen atoms in total. The normalized spacial score (nSPS) is 19.8. The molecule has 2 aliphatic heterocycles. The number of hydrogen-bond acceptors (Lipinski definition) is 4. The van der Waals surface area contributed by atoms with Gasteiger partial charge in [0, 0.05) is 55.8 Å². The third-order valence-electron chi connectivity index (χ3n) is 6.40. The quantitative estimate of drug-likeness (QED) is 0.664. The average molecular weight is 499 g/mol. The largest absolute Gasteiger partial charge is 0.350 e. The molecule has 2 heterocycles. The van der Waals surface area contributed by atoms with Gasteiger partial charge in [0.05, 0.1) is 0 Å². The highest BCUT2D eigenvalue weighted by molar-refractivity contribution is 9.10. The predicted molar refractivity (Wildman–Crippen MR) is 129 cm³/mol. The molecule has 2 fully saturated rings. The van der Waals surface area contributed by atoms with E-state index in [1.807, 2.05) is 12.1 Å². The Balaban J connectivity index is 1.29. The minimum absolute atomic E-state index is 0.0746. The molecule has 4 rings (SSSR count). The lowest BCUT2D eigenvalue weighted by Gasteiger charge is -2.32. The van der Waals surface area contributed by atoms with Crippen LogP contribution in [0.1, 0.15) is 34.3 Å². The summed E-state index contributed by atoms with van der Waals surface area (Å²) < 4.78 is 0.930. The Kier molecular flexibility index (Phi) is 7.60. The van der Waals surface area contributed by atoms with Crippen molar-refractivity contribution in [3.8, 4) is 0 Å². The van der Waals surface area contributed by atoms with Crippen molar-refractivity contribution in [1.29, 1.82) is 0 Å². The summed E-state index contributed by atoms with van der Waals surface area (Å²) in [5.74, 6) is -0.155. The van der Waals surface area contributed by atoms with Gasteiger partial charge < -0.3 is 15.1 Å². The van der Waals surface area contributed by atoms with Crippen molar-refractivity contribution in [2.75, 3.05) is 39.8 Å².